The first-order valence-electron chi connectivity index (χ1n) is 9.04. The van der Waals surface area contributed by atoms with E-state index in [-0.39, 0.29) is 6.09 Å². The fourth-order valence-corrected chi connectivity index (χ4v) is 3.16. The first-order valence-corrected chi connectivity index (χ1v) is 9.04. The van der Waals surface area contributed by atoms with E-state index in [0.29, 0.717) is 25.7 Å². The molecule has 1 N–H and O–H groups in total. The molecule has 0 radical (unpaired) electrons. The van der Waals surface area contributed by atoms with Crippen molar-refractivity contribution in [3.8, 4) is 0 Å². The highest BCUT2D eigenvalue weighted by Crippen LogP contribution is 2.11. The number of rotatable bonds is 7. The Balaban J connectivity index is 1.57. The zero-order valence-electron chi connectivity index (χ0n) is 14.6. The highest BCUT2D eigenvalue weighted by atomic mass is 16.6. The second-order valence-electron chi connectivity index (χ2n) is 6.52. The second-order valence-corrected chi connectivity index (χ2v) is 6.52. The molecule has 0 aliphatic carbocycles. The average Bonchev–Trinajstić information content (AvgIpc) is 3.18. The van der Waals surface area contributed by atoms with Gasteiger partial charge < -0.3 is 15.0 Å². The number of ether oxygens (including phenoxy) is 1. The van der Waals surface area contributed by atoms with E-state index in [9.17, 15) is 4.79 Å². The van der Waals surface area contributed by atoms with Crippen LogP contribution in [0, 0.1) is 0 Å². The van der Waals surface area contributed by atoms with Gasteiger partial charge in [-0.15, -0.1) is 0 Å². The quantitative estimate of drug-likeness (QED) is 0.838. The molecule has 2 aromatic carbocycles. The Hall–Kier alpha value is -2.33. The fraction of sp³-hybridized carbons (Fsp3) is 0.381. The topological polar surface area (TPSA) is 41.6 Å². The van der Waals surface area contributed by atoms with Crippen LogP contribution in [0.4, 0.5) is 4.79 Å². The molecule has 1 saturated heterocycles. The van der Waals surface area contributed by atoms with Crippen LogP contribution < -0.4 is 5.32 Å². The smallest absolute Gasteiger partial charge is 0.410 e. The maximum atomic E-state index is 12.6. The summed E-state index contributed by atoms with van der Waals surface area (Å²) in [5, 5.41) is 3.46. The van der Waals surface area contributed by atoms with E-state index in [1.165, 1.54) is 12.0 Å². The van der Waals surface area contributed by atoms with E-state index in [1.54, 1.807) is 0 Å². The van der Waals surface area contributed by atoms with Crippen molar-refractivity contribution in [2.45, 2.75) is 31.9 Å². The number of benzene rings is 2. The Labute approximate surface area is 149 Å². The van der Waals surface area contributed by atoms with Crippen LogP contribution in [0.25, 0.3) is 0 Å². The summed E-state index contributed by atoms with van der Waals surface area (Å²) in [6.07, 6.45) is 2.91. The average molecular weight is 338 g/mol. The molecule has 25 heavy (non-hydrogen) atoms. The van der Waals surface area contributed by atoms with Crippen molar-refractivity contribution < 1.29 is 9.53 Å². The van der Waals surface area contributed by atoms with Gasteiger partial charge in [0, 0.05) is 19.1 Å². The summed E-state index contributed by atoms with van der Waals surface area (Å²) >= 11 is 0. The molecular weight excluding hydrogens is 312 g/mol. The summed E-state index contributed by atoms with van der Waals surface area (Å²) in [6, 6.07) is 20.5. The van der Waals surface area contributed by atoms with Gasteiger partial charge in [-0.05, 0) is 36.9 Å². The zero-order chi connectivity index (χ0) is 17.3. The largest absolute Gasteiger partial charge is 0.445 e. The van der Waals surface area contributed by atoms with Crippen LogP contribution in [0.1, 0.15) is 24.0 Å². The van der Waals surface area contributed by atoms with Crippen molar-refractivity contribution in [2.75, 3.05) is 19.6 Å². The van der Waals surface area contributed by atoms with Crippen LogP contribution >= 0.6 is 0 Å². The first kappa shape index (κ1) is 17.5. The van der Waals surface area contributed by atoms with Gasteiger partial charge in [0.15, 0.2) is 0 Å². The van der Waals surface area contributed by atoms with E-state index in [4.69, 9.17) is 4.74 Å². The number of nitrogens with zero attached hydrogens (tertiary/aromatic N) is 1. The van der Waals surface area contributed by atoms with Crippen molar-refractivity contribution in [1.82, 2.24) is 10.2 Å². The summed E-state index contributed by atoms with van der Waals surface area (Å²) in [7, 11) is 0. The number of hydrogen-bond acceptors (Lipinski definition) is 3. The minimum Gasteiger partial charge on any atom is -0.445 e. The number of carbonyl (C=O) groups excluding carboxylic acids is 1. The van der Waals surface area contributed by atoms with Gasteiger partial charge in [0.1, 0.15) is 6.61 Å². The first-order chi connectivity index (χ1) is 12.3. The minimum absolute atomic E-state index is 0.228. The third kappa shape index (κ3) is 5.61. The molecule has 1 heterocycles. The van der Waals surface area contributed by atoms with Crippen LogP contribution in [0.5, 0.6) is 0 Å². The minimum atomic E-state index is -0.228. The molecule has 0 spiro atoms. The lowest BCUT2D eigenvalue weighted by molar-refractivity contribution is 0.0935. The molecule has 0 saturated carbocycles. The number of nitrogens with one attached hydrogen (secondary N) is 1. The molecular formula is C21H26N2O2. The molecule has 132 valence electrons. The summed E-state index contributed by atoms with van der Waals surface area (Å²) in [6.45, 7) is 2.74. The van der Waals surface area contributed by atoms with E-state index >= 15 is 0 Å². The molecule has 2 aromatic rings. The highest BCUT2D eigenvalue weighted by molar-refractivity contribution is 5.67. The summed E-state index contributed by atoms with van der Waals surface area (Å²) in [4.78, 5) is 14.4. The van der Waals surface area contributed by atoms with Crippen LogP contribution in [0.2, 0.25) is 0 Å². The predicted octanol–water partition coefficient (Wildman–Crippen LogP) is 3.62. The SMILES string of the molecule is O=C(OCc1ccccc1)N(CCc1ccccc1)C[C@@H]1CCCN1. The third-order valence-corrected chi connectivity index (χ3v) is 4.58. The molecule has 3 rings (SSSR count). The van der Waals surface area contributed by atoms with Crippen molar-refractivity contribution in [2.24, 2.45) is 0 Å². The summed E-state index contributed by atoms with van der Waals surface area (Å²) < 4.78 is 5.55. The van der Waals surface area contributed by atoms with E-state index in [1.807, 2.05) is 53.4 Å². The Morgan fingerprint density at radius 2 is 1.72 bits per heavy atom. The second kappa shape index (κ2) is 9.23. The lowest BCUT2D eigenvalue weighted by Gasteiger charge is -2.25. The van der Waals surface area contributed by atoms with Crippen LogP contribution in [-0.4, -0.2) is 36.7 Å². The Kier molecular flexibility index (Phi) is 6.46. The van der Waals surface area contributed by atoms with Gasteiger partial charge in [-0.1, -0.05) is 60.7 Å². The molecule has 1 aliphatic heterocycles. The lowest BCUT2D eigenvalue weighted by atomic mass is 10.1. The van der Waals surface area contributed by atoms with Crippen molar-refractivity contribution in [3.63, 3.8) is 0 Å². The zero-order valence-corrected chi connectivity index (χ0v) is 14.6. The maximum Gasteiger partial charge on any atom is 0.410 e. The van der Waals surface area contributed by atoms with E-state index in [2.05, 4.69) is 17.4 Å². The van der Waals surface area contributed by atoms with Crippen molar-refractivity contribution in [3.05, 3.63) is 71.8 Å². The maximum absolute atomic E-state index is 12.6. The number of amides is 1. The highest BCUT2D eigenvalue weighted by Gasteiger charge is 2.22. The van der Waals surface area contributed by atoms with Gasteiger partial charge in [0.05, 0.1) is 0 Å². The molecule has 1 aliphatic rings. The Morgan fingerprint density at radius 3 is 2.36 bits per heavy atom. The van der Waals surface area contributed by atoms with E-state index < -0.39 is 0 Å². The number of hydrogen-bond donors (Lipinski definition) is 1. The van der Waals surface area contributed by atoms with Crippen LogP contribution in [0.15, 0.2) is 60.7 Å². The van der Waals surface area contributed by atoms with Crippen LogP contribution in [0.3, 0.4) is 0 Å². The monoisotopic (exact) mass is 338 g/mol. The van der Waals surface area contributed by atoms with Crippen molar-refractivity contribution >= 4 is 6.09 Å². The molecule has 0 unspecified atom stereocenters. The molecule has 0 bridgehead atoms. The van der Waals surface area contributed by atoms with Gasteiger partial charge in [-0.25, -0.2) is 4.79 Å². The molecule has 0 aromatic heterocycles. The Bertz CT molecular complexity index is 639. The standard InChI is InChI=1S/C21H26N2O2/c24-21(25-17-19-10-5-2-6-11-19)23(16-20-12-7-14-22-20)15-13-18-8-3-1-4-9-18/h1-6,8-11,20,22H,7,12-17H2/t20-/m0/s1. The van der Waals surface area contributed by atoms with Gasteiger partial charge in [-0.2, -0.15) is 0 Å². The summed E-state index contributed by atoms with van der Waals surface area (Å²) in [5.74, 6) is 0. The van der Waals surface area contributed by atoms with Gasteiger partial charge >= 0.3 is 6.09 Å². The van der Waals surface area contributed by atoms with Crippen LogP contribution in [-0.2, 0) is 17.8 Å². The molecule has 4 heteroatoms. The molecule has 4 nitrogen and oxygen atoms in total. The third-order valence-electron chi connectivity index (χ3n) is 4.58. The predicted molar refractivity (Wildman–Crippen MR) is 99.4 cm³/mol. The normalized spacial score (nSPS) is 16.6. The van der Waals surface area contributed by atoms with Gasteiger partial charge in [0.25, 0.3) is 0 Å². The van der Waals surface area contributed by atoms with Crippen molar-refractivity contribution in [1.29, 1.82) is 0 Å². The lowest BCUT2D eigenvalue weighted by Crippen LogP contribution is -2.42. The number of carbonyl (C=O) groups is 1. The fourth-order valence-electron chi connectivity index (χ4n) is 3.16. The Morgan fingerprint density at radius 1 is 1.04 bits per heavy atom. The van der Waals surface area contributed by atoms with Gasteiger partial charge in [0.2, 0.25) is 0 Å². The van der Waals surface area contributed by atoms with Gasteiger partial charge in [-0.3, -0.25) is 0 Å². The molecule has 1 amide bonds. The molecule has 1 atom stereocenters. The van der Waals surface area contributed by atoms with E-state index in [0.717, 1.165) is 24.9 Å². The summed E-state index contributed by atoms with van der Waals surface area (Å²) in [5.41, 5.74) is 2.25. The molecule has 1 fully saturated rings.